The number of alkyl halides is 3. The number of hydrogen-bond acceptors (Lipinski definition) is 2. The van der Waals surface area contributed by atoms with Gasteiger partial charge >= 0.3 is 6.18 Å². The Labute approximate surface area is 107 Å². The molecule has 1 aliphatic carbocycles. The van der Waals surface area contributed by atoms with E-state index in [1.54, 1.807) is 0 Å². The van der Waals surface area contributed by atoms with Gasteiger partial charge < -0.3 is 0 Å². The van der Waals surface area contributed by atoms with Crippen molar-refractivity contribution in [3.05, 3.63) is 28.8 Å². The molecule has 0 spiro atoms. The number of hydrogen-bond donors (Lipinski definition) is 1. The second kappa shape index (κ2) is 4.40. The van der Waals surface area contributed by atoms with Gasteiger partial charge in [-0.3, -0.25) is 0 Å². The van der Waals surface area contributed by atoms with E-state index in [-0.39, 0.29) is 10.9 Å². The van der Waals surface area contributed by atoms with Crippen molar-refractivity contribution in [3.8, 4) is 0 Å². The van der Waals surface area contributed by atoms with Crippen LogP contribution in [-0.4, -0.2) is 14.5 Å². The summed E-state index contributed by atoms with van der Waals surface area (Å²) in [7, 11) is -3.78. The molecule has 2 rings (SSSR count). The van der Waals surface area contributed by atoms with E-state index in [9.17, 15) is 21.6 Å². The molecule has 1 aromatic rings. The van der Waals surface area contributed by atoms with Gasteiger partial charge in [0.2, 0.25) is 10.0 Å². The SMILES string of the molecule is O=S(=O)(NC1CC1)c1ccc(C(F)(F)F)c(Cl)c1. The van der Waals surface area contributed by atoms with Crippen molar-refractivity contribution in [1.29, 1.82) is 0 Å². The standard InChI is InChI=1S/C10H9ClF3NO2S/c11-9-5-7(3-4-8(9)10(12,13)14)18(16,17)15-6-1-2-6/h3-6,15H,1-2H2. The van der Waals surface area contributed by atoms with Crippen molar-refractivity contribution in [3.63, 3.8) is 0 Å². The maximum absolute atomic E-state index is 12.4. The second-order valence-electron chi connectivity index (χ2n) is 4.03. The summed E-state index contributed by atoms with van der Waals surface area (Å²) in [4.78, 5) is -0.257. The van der Waals surface area contributed by atoms with Gasteiger partial charge in [-0.2, -0.15) is 13.2 Å². The van der Waals surface area contributed by atoms with Gasteiger partial charge in [0, 0.05) is 6.04 Å². The lowest BCUT2D eigenvalue weighted by Gasteiger charge is -2.11. The minimum absolute atomic E-state index is 0.115. The quantitative estimate of drug-likeness (QED) is 0.933. The fourth-order valence-corrected chi connectivity index (χ4v) is 3.06. The molecule has 0 bridgehead atoms. The van der Waals surface area contributed by atoms with E-state index in [0.717, 1.165) is 25.0 Å². The molecule has 0 unspecified atom stereocenters. The highest BCUT2D eigenvalue weighted by Crippen LogP contribution is 2.35. The monoisotopic (exact) mass is 299 g/mol. The van der Waals surface area contributed by atoms with Crippen LogP contribution in [0.2, 0.25) is 5.02 Å². The Hall–Kier alpha value is -0.790. The summed E-state index contributed by atoms with van der Waals surface area (Å²) >= 11 is 5.46. The molecular weight excluding hydrogens is 291 g/mol. The third kappa shape index (κ3) is 2.96. The summed E-state index contributed by atoms with van der Waals surface area (Å²) in [5.41, 5.74) is -1.05. The highest BCUT2D eigenvalue weighted by molar-refractivity contribution is 7.89. The van der Waals surface area contributed by atoms with Crippen molar-refractivity contribution in [2.24, 2.45) is 0 Å². The van der Waals surface area contributed by atoms with Crippen LogP contribution in [-0.2, 0) is 16.2 Å². The Bertz CT molecular complexity index is 567. The van der Waals surface area contributed by atoms with Gasteiger partial charge in [-0.1, -0.05) is 11.6 Å². The molecule has 18 heavy (non-hydrogen) atoms. The molecule has 1 saturated carbocycles. The van der Waals surface area contributed by atoms with E-state index in [1.165, 1.54) is 0 Å². The molecule has 1 aromatic carbocycles. The lowest BCUT2D eigenvalue weighted by Crippen LogP contribution is -2.25. The molecule has 0 saturated heterocycles. The van der Waals surface area contributed by atoms with Crippen molar-refractivity contribution in [2.45, 2.75) is 30.0 Å². The first kappa shape index (κ1) is 13.6. The predicted octanol–water partition coefficient (Wildman–Crippen LogP) is 2.80. The fourth-order valence-electron chi connectivity index (χ4n) is 1.38. The van der Waals surface area contributed by atoms with E-state index in [1.807, 2.05) is 0 Å². The highest BCUT2D eigenvalue weighted by Gasteiger charge is 2.34. The molecule has 0 heterocycles. The van der Waals surface area contributed by atoms with Crippen molar-refractivity contribution in [1.82, 2.24) is 4.72 Å². The molecule has 0 amide bonds. The van der Waals surface area contributed by atoms with E-state index in [4.69, 9.17) is 11.6 Å². The van der Waals surface area contributed by atoms with Crippen molar-refractivity contribution < 1.29 is 21.6 Å². The normalized spacial score (nSPS) is 16.9. The predicted molar refractivity (Wildman–Crippen MR) is 59.8 cm³/mol. The Kier molecular flexibility index (Phi) is 3.33. The molecule has 0 radical (unpaired) electrons. The van der Waals surface area contributed by atoms with Crippen LogP contribution in [0.5, 0.6) is 0 Å². The second-order valence-corrected chi connectivity index (χ2v) is 6.16. The first-order chi connectivity index (χ1) is 8.20. The first-order valence-electron chi connectivity index (χ1n) is 5.09. The van der Waals surface area contributed by atoms with E-state index < -0.39 is 26.8 Å². The minimum Gasteiger partial charge on any atom is -0.208 e. The lowest BCUT2D eigenvalue weighted by atomic mass is 10.2. The molecule has 100 valence electrons. The molecule has 1 fully saturated rings. The summed E-state index contributed by atoms with van der Waals surface area (Å²) in [6, 6.07) is 2.27. The van der Waals surface area contributed by atoms with Gasteiger partial charge in [0.15, 0.2) is 0 Å². The smallest absolute Gasteiger partial charge is 0.208 e. The largest absolute Gasteiger partial charge is 0.417 e. The number of halogens is 4. The lowest BCUT2D eigenvalue weighted by molar-refractivity contribution is -0.137. The third-order valence-electron chi connectivity index (χ3n) is 2.46. The maximum atomic E-state index is 12.4. The van der Waals surface area contributed by atoms with Crippen LogP contribution in [0, 0.1) is 0 Å². The summed E-state index contributed by atoms with van der Waals surface area (Å²) in [6.45, 7) is 0. The molecule has 3 nitrogen and oxygen atoms in total. The zero-order valence-electron chi connectivity index (χ0n) is 8.96. The Morgan fingerprint density at radius 2 is 1.89 bits per heavy atom. The van der Waals surface area contributed by atoms with Crippen LogP contribution in [0.4, 0.5) is 13.2 Å². The number of sulfonamides is 1. The fraction of sp³-hybridized carbons (Fsp3) is 0.400. The van der Waals surface area contributed by atoms with Gasteiger partial charge in [0.05, 0.1) is 15.5 Å². The average molecular weight is 300 g/mol. The average Bonchev–Trinajstić information content (AvgIpc) is 2.98. The van der Waals surface area contributed by atoms with Crippen molar-refractivity contribution >= 4 is 21.6 Å². The van der Waals surface area contributed by atoms with Gasteiger partial charge in [0.25, 0.3) is 0 Å². The van der Waals surface area contributed by atoms with E-state index >= 15 is 0 Å². The minimum atomic E-state index is -4.59. The summed E-state index contributed by atoms with van der Waals surface area (Å²) in [5.74, 6) is 0. The summed E-state index contributed by atoms with van der Waals surface area (Å²) in [5, 5.41) is -0.624. The summed E-state index contributed by atoms with van der Waals surface area (Å²) < 4.78 is 63.2. The topological polar surface area (TPSA) is 46.2 Å². The van der Waals surface area contributed by atoms with E-state index in [2.05, 4.69) is 4.72 Å². The molecule has 0 aromatic heterocycles. The Morgan fingerprint density at radius 1 is 1.28 bits per heavy atom. The number of benzene rings is 1. The van der Waals surface area contributed by atoms with E-state index in [0.29, 0.717) is 6.07 Å². The first-order valence-corrected chi connectivity index (χ1v) is 6.95. The van der Waals surface area contributed by atoms with Crippen LogP contribution >= 0.6 is 11.6 Å². The van der Waals surface area contributed by atoms with Gasteiger partial charge in [0.1, 0.15) is 0 Å². The molecule has 1 N–H and O–H groups in total. The van der Waals surface area contributed by atoms with Gasteiger partial charge in [-0.15, -0.1) is 0 Å². The molecule has 8 heteroatoms. The number of nitrogens with one attached hydrogen (secondary N) is 1. The zero-order valence-corrected chi connectivity index (χ0v) is 10.5. The molecule has 1 aliphatic rings. The summed E-state index contributed by atoms with van der Waals surface area (Å²) in [6.07, 6.45) is -3.11. The Balaban J connectivity index is 2.33. The molecule has 0 atom stereocenters. The van der Waals surface area contributed by atoms with Crippen LogP contribution < -0.4 is 4.72 Å². The highest BCUT2D eigenvalue weighted by atomic mass is 35.5. The third-order valence-corrected chi connectivity index (χ3v) is 4.29. The van der Waals surface area contributed by atoms with Gasteiger partial charge in [-0.25, -0.2) is 13.1 Å². The Morgan fingerprint density at radius 3 is 2.33 bits per heavy atom. The van der Waals surface area contributed by atoms with Crippen molar-refractivity contribution in [2.75, 3.05) is 0 Å². The zero-order chi connectivity index (χ0) is 13.6. The van der Waals surface area contributed by atoms with Crippen LogP contribution in [0.3, 0.4) is 0 Å². The van der Waals surface area contributed by atoms with Crippen LogP contribution in [0.15, 0.2) is 23.1 Å². The van der Waals surface area contributed by atoms with Crippen LogP contribution in [0.25, 0.3) is 0 Å². The molecular formula is C10H9ClF3NO2S. The van der Waals surface area contributed by atoms with Gasteiger partial charge in [-0.05, 0) is 31.0 Å². The number of rotatable bonds is 3. The van der Waals surface area contributed by atoms with Crippen LogP contribution in [0.1, 0.15) is 18.4 Å². The molecule has 0 aliphatic heterocycles. The maximum Gasteiger partial charge on any atom is 0.417 e.